The fraction of sp³-hybridized carbons (Fsp3) is 1.00. The molecule has 1 atom stereocenters. The first-order valence-electron chi connectivity index (χ1n) is 6.93. The van der Waals surface area contributed by atoms with E-state index in [4.69, 9.17) is 4.74 Å². The molecule has 3 fully saturated rings. The number of likely N-dealkylation sites (N-methyl/N-ethyl adjacent to an activating group) is 1. The Kier molecular flexibility index (Phi) is 3.67. The van der Waals surface area contributed by atoms with Crippen molar-refractivity contribution in [1.82, 2.24) is 10.2 Å². The minimum atomic E-state index is 0.236. The van der Waals surface area contributed by atoms with Crippen LogP contribution in [-0.4, -0.2) is 60.8 Å². The fourth-order valence-electron chi connectivity index (χ4n) is 3.30. The molecule has 1 N–H and O–H groups in total. The molecule has 0 bridgehead atoms. The van der Waals surface area contributed by atoms with Gasteiger partial charge in [-0.15, -0.1) is 0 Å². The van der Waals surface area contributed by atoms with Gasteiger partial charge >= 0.3 is 0 Å². The highest BCUT2D eigenvalue weighted by Gasteiger charge is 2.41. The van der Waals surface area contributed by atoms with E-state index in [1.807, 2.05) is 0 Å². The molecular weight excluding hydrogens is 232 g/mol. The summed E-state index contributed by atoms with van der Waals surface area (Å²) in [4.78, 5) is 2.61. The van der Waals surface area contributed by atoms with Crippen LogP contribution in [0.5, 0.6) is 0 Å². The second-order valence-corrected chi connectivity index (χ2v) is 6.99. The van der Waals surface area contributed by atoms with Crippen LogP contribution in [0.25, 0.3) is 0 Å². The lowest BCUT2D eigenvalue weighted by Gasteiger charge is -2.48. The second kappa shape index (κ2) is 5.08. The van der Waals surface area contributed by atoms with Crippen LogP contribution in [0, 0.1) is 0 Å². The van der Waals surface area contributed by atoms with Crippen LogP contribution in [0.2, 0.25) is 0 Å². The van der Waals surface area contributed by atoms with Crippen LogP contribution < -0.4 is 5.32 Å². The van der Waals surface area contributed by atoms with E-state index in [9.17, 15) is 0 Å². The van der Waals surface area contributed by atoms with E-state index < -0.39 is 0 Å². The van der Waals surface area contributed by atoms with Gasteiger partial charge < -0.3 is 10.1 Å². The van der Waals surface area contributed by atoms with Gasteiger partial charge in [0.25, 0.3) is 0 Å². The van der Waals surface area contributed by atoms with Crippen molar-refractivity contribution in [3.63, 3.8) is 0 Å². The van der Waals surface area contributed by atoms with Gasteiger partial charge in [-0.25, -0.2) is 0 Å². The molecule has 3 saturated heterocycles. The average molecular weight is 256 g/mol. The summed E-state index contributed by atoms with van der Waals surface area (Å²) in [6.07, 6.45) is 5.03. The highest BCUT2D eigenvalue weighted by molar-refractivity contribution is 7.99. The van der Waals surface area contributed by atoms with E-state index in [2.05, 4.69) is 29.0 Å². The molecule has 4 heteroatoms. The molecule has 0 aromatic rings. The topological polar surface area (TPSA) is 24.5 Å². The second-order valence-electron chi connectivity index (χ2n) is 5.77. The van der Waals surface area contributed by atoms with E-state index in [1.54, 1.807) is 0 Å². The Balaban J connectivity index is 1.61. The molecule has 0 radical (unpaired) electrons. The highest BCUT2D eigenvalue weighted by atomic mass is 32.2. The molecule has 3 nitrogen and oxygen atoms in total. The lowest BCUT2D eigenvalue weighted by molar-refractivity contribution is -0.113. The smallest absolute Gasteiger partial charge is 0.0713 e. The molecule has 1 unspecified atom stereocenters. The van der Waals surface area contributed by atoms with Crippen LogP contribution in [0.1, 0.15) is 25.7 Å². The Morgan fingerprint density at radius 1 is 1.24 bits per heavy atom. The van der Waals surface area contributed by atoms with E-state index in [0.29, 0.717) is 0 Å². The minimum Gasteiger partial charge on any atom is -0.375 e. The van der Waals surface area contributed by atoms with Gasteiger partial charge in [-0.1, -0.05) is 0 Å². The van der Waals surface area contributed by atoms with Crippen molar-refractivity contribution in [1.29, 1.82) is 0 Å². The Bertz CT molecular complexity index is 259. The minimum absolute atomic E-state index is 0.236. The van der Waals surface area contributed by atoms with Crippen molar-refractivity contribution in [3.05, 3.63) is 0 Å². The average Bonchev–Trinajstić information content (AvgIpc) is 2.28. The van der Waals surface area contributed by atoms with Crippen molar-refractivity contribution >= 4 is 11.8 Å². The fourth-order valence-corrected chi connectivity index (χ4v) is 4.54. The van der Waals surface area contributed by atoms with Gasteiger partial charge in [-0.3, -0.25) is 4.90 Å². The Morgan fingerprint density at radius 3 is 2.65 bits per heavy atom. The summed E-state index contributed by atoms with van der Waals surface area (Å²) in [6.45, 7) is 3.33. The molecular formula is C13H24N2OS. The Hall–Kier alpha value is 0.230. The molecule has 0 amide bonds. The third-order valence-electron chi connectivity index (χ3n) is 4.78. The number of thioether (sulfide) groups is 1. The van der Waals surface area contributed by atoms with Crippen LogP contribution in [0.15, 0.2) is 0 Å². The highest BCUT2D eigenvalue weighted by Crippen LogP contribution is 2.39. The van der Waals surface area contributed by atoms with Crippen molar-refractivity contribution < 1.29 is 4.74 Å². The third-order valence-corrected chi connectivity index (χ3v) is 5.77. The van der Waals surface area contributed by atoms with Crippen LogP contribution in [-0.2, 0) is 4.74 Å². The van der Waals surface area contributed by atoms with Gasteiger partial charge in [-0.05, 0) is 44.2 Å². The van der Waals surface area contributed by atoms with Crippen molar-refractivity contribution in [2.24, 2.45) is 0 Å². The van der Waals surface area contributed by atoms with Crippen LogP contribution in [0.4, 0.5) is 0 Å². The molecule has 17 heavy (non-hydrogen) atoms. The van der Waals surface area contributed by atoms with E-state index in [0.717, 1.165) is 18.7 Å². The number of ether oxygens (including phenoxy) is 1. The lowest BCUT2D eigenvalue weighted by atomic mass is 9.84. The molecule has 98 valence electrons. The van der Waals surface area contributed by atoms with Gasteiger partial charge in [0.1, 0.15) is 0 Å². The van der Waals surface area contributed by atoms with E-state index in [-0.39, 0.29) is 5.60 Å². The van der Waals surface area contributed by atoms with Gasteiger partial charge in [0, 0.05) is 31.8 Å². The first-order chi connectivity index (χ1) is 8.29. The summed E-state index contributed by atoms with van der Waals surface area (Å²) >= 11 is 2.09. The standard InChI is InChI=1S/C13H24N2OS/c1-15(12-9-14-10-12)11-2-5-16-13(8-11)3-6-17-7-4-13/h11-12,14H,2-10H2,1H3. The zero-order valence-corrected chi connectivity index (χ0v) is 11.6. The summed E-state index contributed by atoms with van der Waals surface area (Å²) < 4.78 is 6.16. The molecule has 3 heterocycles. The molecule has 3 aliphatic rings. The number of nitrogens with zero attached hydrogens (tertiary/aromatic N) is 1. The van der Waals surface area contributed by atoms with Gasteiger partial charge in [-0.2, -0.15) is 11.8 Å². The monoisotopic (exact) mass is 256 g/mol. The molecule has 0 aliphatic carbocycles. The lowest BCUT2D eigenvalue weighted by Crippen LogP contribution is -2.61. The molecule has 0 aromatic heterocycles. The molecule has 3 aliphatic heterocycles. The summed E-state index contributed by atoms with van der Waals surface area (Å²) in [7, 11) is 2.31. The summed E-state index contributed by atoms with van der Waals surface area (Å²) in [5.74, 6) is 2.59. The quantitative estimate of drug-likeness (QED) is 0.806. The zero-order valence-electron chi connectivity index (χ0n) is 10.8. The molecule has 3 rings (SSSR count). The normalized spacial score (nSPS) is 33.9. The number of hydrogen-bond acceptors (Lipinski definition) is 4. The first kappa shape index (κ1) is 12.3. The SMILES string of the molecule is CN(C1CNC1)C1CCOC2(CCSCC2)C1. The first-order valence-corrected chi connectivity index (χ1v) is 8.09. The zero-order chi connectivity index (χ0) is 11.7. The maximum absolute atomic E-state index is 6.16. The maximum Gasteiger partial charge on any atom is 0.0713 e. The predicted molar refractivity (Wildman–Crippen MR) is 72.7 cm³/mol. The molecule has 0 aromatic carbocycles. The van der Waals surface area contributed by atoms with Crippen LogP contribution in [0.3, 0.4) is 0 Å². The maximum atomic E-state index is 6.16. The number of hydrogen-bond donors (Lipinski definition) is 1. The largest absolute Gasteiger partial charge is 0.375 e. The van der Waals surface area contributed by atoms with Crippen molar-refractivity contribution in [2.75, 3.05) is 38.2 Å². The molecule has 1 spiro atoms. The summed E-state index contributed by atoms with van der Waals surface area (Å²) in [5, 5.41) is 3.38. The van der Waals surface area contributed by atoms with Crippen molar-refractivity contribution in [2.45, 2.75) is 43.4 Å². The van der Waals surface area contributed by atoms with Gasteiger partial charge in [0.2, 0.25) is 0 Å². The molecule has 0 saturated carbocycles. The summed E-state index contributed by atoms with van der Waals surface area (Å²) in [6, 6.07) is 1.52. The Morgan fingerprint density at radius 2 is 2.00 bits per heavy atom. The van der Waals surface area contributed by atoms with E-state index in [1.165, 1.54) is 50.3 Å². The predicted octanol–water partition coefficient (Wildman–Crippen LogP) is 1.33. The van der Waals surface area contributed by atoms with E-state index >= 15 is 0 Å². The Labute approximate surface area is 109 Å². The summed E-state index contributed by atoms with van der Waals surface area (Å²) in [5.41, 5.74) is 0.236. The van der Waals surface area contributed by atoms with Crippen molar-refractivity contribution in [3.8, 4) is 0 Å². The van der Waals surface area contributed by atoms with Crippen LogP contribution >= 0.6 is 11.8 Å². The number of nitrogens with one attached hydrogen (secondary N) is 1. The third kappa shape index (κ3) is 2.50. The number of rotatable bonds is 2. The van der Waals surface area contributed by atoms with Gasteiger partial charge in [0.05, 0.1) is 5.60 Å². The van der Waals surface area contributed by atoms with Gasteiger partial charge in [0.15, 0.2) is 0 Å².